The van der Waals surface area contributed by atoms with E-state index in [1.165, 1.54) is 60.0 Å². The molecule has 0 unspecified atom stereocenters. The molecule has 7 aromatic rings. The van der Waals surface area contributed by atoms with Crippen LogP contribution in [0.25, 0.3) is 60.0 Å². The van der Waals surface area contributed by atoms with E-state index in [0.717, 1.165) is 4.47 Å². The number of halogens is 1. The second kappa shape index (κ2) is 5.84. The van der Waals surface area contributed by atoms with Crippen molar-refractivity contribution in [3.8, 4) is 11.1 Å². The summed E-state index contributed by atoms with van der Waals surface area (Å²) in [5, 5.41) is 7.86. The normalized spacial score (nSPS) is 12.2. The Labute approximate surface area is 181 Å². The molecule has 2 aromatic heterocycles. The molecule has 2 heteroatoms. The monoisotopic (exact) mass is 445 g/mol. The van der Waals surface area contributed by atoms with Crippen molar-refractivity contribution in [1.82, 2.24) is 4.40 Å². The van der Waals surface area contributed by atoms with Crippen LogP contribution in [-0.2, 0) is 0 Å². The van der Waals surface area contributed by atoms with Gasteiger partial charge in [-0.2, -0.15) is 0 Å². The molecule has 30 heavy (non-hydrogen) atoms. The molecule has 0 aliphatic heterocycles. The van der Waals surface area contributed by atoms with Crippen LogP contribution in [0.2, 0.25) is 0 Å². The first kappa shape index (κ1) is 16.4. The van der Waals surface area contributed by atoms with E-state index in [2.05, 4.69) is 117 Å². The van der Waals surface area contributed by atoms with Crippen molar-refractivity contribution < 1.29 is 0 Å². The first-order valence-electron chi connectivity index (χ1n) is 10.2. The lowest BCUT2D eigenvalue weighted by molar-refractivity contribution is 1.35. The van der Waals surface area contributed by atoms with Gasteiger partial charge in [0, 0.05) is 26.0 Å². The van der Waals surface area contributed by atoms with Crippen LogP contribution in [0.1, 0.15) is 0 Å². The number of rotatable bonds is 1. The van der Waals surface area contributed by atoms with Gasteiger partial charge in [-0.1, -0.05) is 94.8 Å². The number of benzene rings is 5. The van der Waals surface area contributed by atoms with Crippen LogP contribution in [0, 0.1) is 0 Å². The smallest absolute Gasteiger partial charge is 0.0619 e. The lowest BCUT2D eigenvalue weighted by Crippen LogP contribution is -1.93. The minimum Gasteiger partial charge on any atom is -0.308 e. The molecular weight excluding hydrogens is 430 g/mol. The van der Waals surface area contributed by atoms with Crippen LogP contribution in [0.4, 0.5) is 0 Å². The zero-order chi connectivity index (χ0) is 19.8. The maximum atomic E-state index is 3.69. The first-order valence-corrected chi connectivity index (χ1v) is 11.0. The lowest BCUT2D eigenvalue weighted by Gasteiger charge is -2.15. The summed E-state index contributed by atoms with van der Waals surface area (Å²) in [4.78, 5) is 0. The van der Waals surface area contributed by atoms with E-state index in [-0.39, 0.29) is 0 Å². The van der Waals surface area contributed by atoms with Crippen LogP contribution in [0.3, 0.4) is 0 Å². The van der Waals surface area contributed by atoms with Gasteiger partial charge < -0.3 is 4.40 Å². The molecule has 0 fully saturated rings. The Hall–Kier alpha value is -3.36. The fourth-order valence-electron chi connectivity index (χ4n) is 5.18. The standard InChI is InChI=1S/C28H16BrN/c29-18-12-13-20-23-10-5-11-24-22-9-4-8-21-19(17-6-2-1-3-7-17)14-15-25(27(21)22)30(28(23)24)26(20)16-18/h1-16H. The largest absolute Gasteiger partial charge is 0.308 e. The minimum absolute atomic E-state index is 1.10. The summed E-state index contributed by atoms with van der Waals surface area (Å²) in [6.07, 6.45) is 0. The highest BCUT2D eigenvalue weighted by atomic mass is 79.9. The van der Waals surface area contributed by atoms with Crippen LogP contribution >= 0.6 is 15.9 Å². The Morgan fingerprint density at radius 1 is 0.533 bits per heavy atom. The molecule has 0 N–H and O–H groups in total. The predicted octanol–water partition coefficient (Wildman–Crippen LogP) is 8.42. The lowest BCUT2D eigenvalue weighted by atomic mass is 9.93. The Balaban J connectivity index is 1.81. The van der Waals surface area contributed by atoms with Gasteiger partial charge in [0.05, 0.1) is 16.6 Å². The highest BCUT2D eigenvalue weighted by Gasteiger charge is 2.18. The number of aromatic nitrogens is 1. The third-order valence-corrected chi connectivity index (χ3v) is 6.88. The van der Waals surface area contributed by atoms with E-state index in [0.29, 0.717) is 0 Å². The maximum absolute atomic E-state index is 3.69. The fourth-order valence-corrected chi connectivity index (χ4v) is 5.52. The third kappa shape index (κ3) is 2.02. The molecule has 5 aromatic carbocycles. The highest BCUT2D eigenvalue weighted by molar-refractivity contribution is 9.10. The average Bonchev–Trinajstić information content (AvgIpc) is 3.12. The van der Waals surface area contributed by atoms with Gasteiger partial charge in [-0.3, -0.25) is 0 Å². The fraction of sp³-hybridized carbons (Fsp3) is 0. The van der Waals surface area contributed by atoms with Crippen molar-refractivity contribution in [2.24, 2.45) is 0 Å². The van der Waals surface area contributed by atoms with E-state index in [9.17, 15) is 0 Å². The Bertz CT molecular complexity index is 1740. The minimum atomic E-state index is 1.10. The molecule has 0 bridgehead atoms. The third-order valence-electron chi connectivity index (χ3n) is 6.38. The summed E-state index contributed by atoms with van der Waals surface area (Å²) in [6.45, 7) is 0. The van der Waals surface area contributed by atoms with E-state index >= 15 is 0 Å². The average molecular weight is 446 g/mol. The zero-order valence-electron chi connectivity index (χ0n) is 16.1. The summed E-state index contributed by atoms with van der Waals surface area (Å²) < 4.78 is 3.56. The van der Waals surface area contributed by atoms with Gasteiger partial charge in [-0.25, -0.2) is 0 Å². The van der Waals surface area contributed by atoms with E-state index < -0.39 is 0 Å². The second-order valence-corrected chi connectivity index (χ2v) is 8.84. The van der Waals surface area contributed by atoms with Crippen molar-refractivity contribution in [1.29, 1.82) is 0 Å². The first-order chi connectivity index (χ1) is 14.8. The molecule has 0 aliphatic carbocycles. The van der Waals surface area contributed by atoms with Gasteiger partial charge >= 0.3 is 0 Å². The van der Waals surface area contributed by atoms with Gasteiger partial charge in [-0.15, -0.1) is 0 Å². The molecule has 1 nitrogen and oxygen atoms in total. The Morgan fingerprint density at radius 2 is 1.27 bits per heavy atom. The number of nitrogens with zero attached hydrogens (tertiary/aromatic N) is 1. The van der Waals surface area contributed by atoms with Crippen molar-refractivity contribution in [3.05, 3.63) is 102 Å². The number of hydrogen-bond acceptors (Lipinski definition) is 0. The predicted molar refractivity (Wildman–Crippen MR) is 132 cm³/mol. The molecule has 0 saturated heterocycles. The van der Waals surface area contributed by atoms with Crippen molar-refractivity contribution in [2.45, 2.75) is 0 Å². The molecule has 0 amide bonds. The number of para-hydroxylation sites is 1. The van der Waals surface area contributed by atoms with Crippen molar-refractivity contribution in [2.75, 3.05) is 0 Å². The van der Waals surface area contributed by atoms with Gasteiger partial charge in [0.15, 0.2) is 0 Å². The molecule has 0 radical (unpaired) electrons. The topological polar surface area (TPSA) is 4.41 Å². The molecule has 0 saturated carbocycles. The van der Waals surface area contributed by atoms with E-state index in [1.807, 2.05) is 0 Å². The molecule has 0 spiro atoms. The summed E-state index contributed by atoms with van der Waals surface area (Å²) in [6, 6.07) is 35.3. The highest BCUT2D eigenvalue weighted by Crippen LogP contribution is 2.42. The number of pyridine rings is 1. The maximum Gasteiger partial charge on any atom is 0.0619 e. The van der Waals surface area contributed by atoms with E-state index in [4.69, 9.17) is 0 Å². The quantitative estimate of drug-likeness (QED) is 0.176. The number of hydrogen-bond donors (Lipinski definition) is 0. The Kier molecular flexibility index (Phi) is 3.20. The molecular formula is C28H16BrN. The van der Waals surface area contributed by atoms with Gasteiger partial charge in [-0.05, 0) is 40.1 Å². The molecule has 7 rings (SSSR count). The summed E-state index contributed by atoms with van der Waals surface area (Å²) >= 11 is 3.69. The summed E-state index contributed by atoms with van der Waals surface area (Å²) in [5.41, 5.74) is 6.35. The SMILES string of the molecule is Brc1ccc2c3cccc4c5cccc6c(-c7ccccc7)ccc(c65)n(c2c1)c43. The molecule has 2 heterocycles. The number of fused-ring (bicyclic) bond motifs is 5. The van der Waals surface area contributed by atoms with E-state index in [1.54, 1.807) is 0 Å². The summed E-state index contributed by atoms with van der Waals surface area (Å²) in [7, 11) is 0. The van der Waals surface area contributed by atoms with Crippen LogP contribution in [0.5, 0.6) is 0 Å². The molecule has 0 atom stereocenters. The zero-order valence-corrected chi connectivity index (χ0v) is 17.6. The molecule has 140 valence electrons. The van der Waals surface area contributed by atoms with Crippen LogP contribution < -0.4 is 0 Å². The van der Waals surface area contributed by atoms with Crippen molar-refractivity contribution in [3.63, 3.8) is 0 Å². The van der Waals surface area contributed by atoms with Gasteiger partial charge in [0.1, 0.15) is 0 Å². The Morgan fingerprint density at radius 3 is 2.10 bits per heavy atom. The molecule has 0 aliphatic rings. The summed E-state index contributed by atoms with van der Waals surface area (Å²) in [5.74, 6) is 0. The van der Waals surface area contributed by atoms with Crippen LogP contribution in [-0.4, -0.2) is 4.40 Å². The van der Waals surface area contributed by atoms with Crippen molar-refractivity contribution >= 4 is 64.8 Å². The second-order valence-electron chi connectivity index (χ2n) is 7.93. The van der Waals surface area contributed by atoms with Crippen LogP contribution in [0.15, 0.2) is 102 Å². The van der Waals surface area contributed by atoms with Gasteiger partial charge in [0.2, 0.25) is 0 Å². The van der Waals surface area contributed by atoms with Gasteiger partial charge in [0.25, 0.3) is 0 Å².